The van der Waals surface area contributed by atoms with Crippen LogP contribution in [0, 0.1) is 12.8 Å². The maximum atomic E-state index is 12.3. The zero-order valence-corrected chi connectivity index (χ0v) is 12.4. The Morgan fingerprint density at radius 3 is 2.68 bits per heavy atom. The molecule has 1 heterocycles. The summed E-state index contributed by atoms with van der Waals surface area (Å²) in [6.07, 6.45) is 3.86. The zero-order chi connectivity index (χ0) is 14.0. The summed E-state index contributed by atoms with van der Waals surface area (Å²) in [7, 11) is -3.63. The highest BCUT2D eigenvalue weighted by molar-refractivity contribution is 7.91. The van der Waals surface area contributed by atoms with E-state index in [4.69, 9.17) is 5.73 Å². The van der Waals surface area contributed by atoms with Crippen molar-refractivity contribution in [1.82, 2.24) is 9.71 Å². The molecule has 0 saturated heterocycles. The maximum Gasteiger partial charge on any atom is 0.305 e. The highest BCUT2D eigenvalue weighted by Crippen LogP contribution is 2.26. The minimum absolute atomic E-state index is 0.0823. The zero-order valence-electron chi connectivity index (χ0n) is 10.8. The molecule has 19 heavy (non-hydrogen) atoms. The van der Waals surface area contributed by atoms with E-state index in [1.54, 1.807) is 6.92 Å². The van der Waals surface area contributed by atoms with E-state index in [0.717, 1.165) is 37.0 Å². The highest BCUT2D eigenvalue weighted by Gasteiger charge is 2.30. The number of H-pyrrole nitrogens is 1. The molecule has 1 aliphatic carbocycles. The van der Waals surface area contributed by atoms with Crippen LogP contribution in [-0.2, 0) is 10.0 Å². The van der Waals surface area contributed by atoms with Crippen LogP contribution < -0.4 is 15.3 Å². The molecule has 0 bridgehead atoms. The summed E-state index contributed by atoms with van der Waals surface area (Å²) in [6, 6.07) is -0.125. The second-order valence-corrected chi connectivity index (χ2v) is 7.83. The number of sulfonamides is 1. The molecule has 1 aromatic rings. The molecule has 1 aliphatic rings. The molecule has 108 valence electrons. The lowest BCUT2D eigenvalue weighted by atomic mass is 9.85. The molecule has 0 aliphatic heterocycles. The normalized spacial score (nSPS) is 24.5. The lowest BCUT2D eigenvalue weighted by Crippen LogP contribution is -2.44. The van der Waals surface area contributed by atoms with Crippen LogP contribution in [0.15, 0.2) is 9.00 Å². The van der Waals surface area contributed by atoms with Crippen LogP contribution in [0.25, 0.3) is 0 Å². The molecule has 0 aromatic carbocycles. The maximum absolute atomic E-state index is 12.3. The number of aromatic amines is 1. The van der Waals surface area contributed by atoms with Gasteiger partial charge < -0.3 is 10.7 Å². The van der Waals surface area contributed by atoms with E-state index in [2.05, 4.69) is 9.71 Å². The van der Waals surface area contributed by atoms with E-state index in [-0.39, 0.29) is 21.0 Å². The van der Waals surface area contributed by atoms with Crippen molar-refractivity contribution in [3.8, 4) is 0 Å². The summed E-state index contributed by atoms with van der Waals surface area (Å²) >= 11 is 0.726. The molecular formula is C11H19N3O3S2. The van der Waals surface area contributed by atoms with Crippen LogP contribution in [0.1, 0.15) is 31.4 Å². The van der Waals surface area contributed by atoms with Gasteiger partial charge in [-0.05, 0) is 32.2 Å². The van der Waals surface area contributed by atoms with Crippen LogP contribution >= 0.6 is 11.3 Å². The van der Waals surface area contributed by atoms with Gasteiger partial charge in [-0.3, -0.25) is 4.79 Å². The lowest BCUT2D eigenvalue weighted by Gasteiger charge is -2.30. The minimum atomic E-state index is -3.63. The summed E-state index contributed by atoms with van der Waals surface area (Å²) in [5, 5.41) is 0. The predicted octanol–water partition coefficient (Wildman–Crippen LogP) is 0.541. The second kappa shape index (κ2) is 5.74. The predicted molar refractivity (Wildman–Crippen MR) is 74.8 cm³/mol. The fourth-order valence-corrected chi connectivity index (χ4v) is 5.20. The number of hydrogen-bond donors (Lipinski definition) is 3. The summed E-state index contributed by atoms with van der Waals surface area (Å²) < 4.78 is 27.4. The van der Waals surface area contributed by atoms with Crippen molar-refractivity contribution in [3.63, 3.8) is 0 Å². The highest BCUT2D eigenvalue weighted by atomic mass is 32.2. The van der Waals surface area contributed by atoms with Crippen molar-refractivity contribution in [2.45, 2.75) is 42.9 Å². The van der Waals surface area contributed by atoms with E-state index >= 15 is 0 Å². The van der Waals surface area contributed by atoms with Gasteiger partial charge in [0.1, 0.15) is 0 Å². The number of nitrogens with two attached hydrogens (primary N) is 1. The van der Waals surface area contributed by atoms with Crippen molar-refractivity contribution < 1.29 is 8.42 Å². The Hall–Kier alpha value is -0.700. The second-order valence-electron chi connectivity index (χ2n) is 4.93. The minimum Gasteiger partial charge on any atom is -0.330 e. The molecule has 8 heteroatoms. The van der Waals surface area contributed by atoms with Crippen molar-refractivity contribution in [2.75, 3.05) is 6.54 Å². The van der Waals surface area contributed by atoms with E-state index < -0.39 is 10.0 Å². The standard InChI is InChI=1S/C11H19N3O3S2/c1-7-10(18-11(15)13-7)19(16,17)14-9-5-3-2-4-8(9)6-12/h8-9,14H,2-6,12H2,1H3,(H,13,15). The first-order valence-corrected chi connectivity index (χ1v) is 8.66. The third-order valence-electron chi connectivity index (χ3n) is 3.54. The first-order chi connectivity index (χ1) is 8.94. The van der Waals surface area contributed by atoms with Gasteiger partial charge in [0, 0.05) is 11.7 Å². The summed E-state index contributed by atoms with van der Waals surface area (Å²) in [6.45, 7) is 2.07. The van der Waals surface area contributed by atoms with Gasteiger partial charge in [-0.25, -0.2) is 13.1 Å². The van der Waals surface area contributed by atoms with Crippen molar-refractivity contribution in [1.29, 1.82) is 0 Å². The molecule has 0 amide bonds. The molecule has 1 saturated carbocycles. The van der Waals surface area contributed by atoms with Gasteiger partial charge in [-0.1, -0.05) is 24.2 Å². The number of rotatable bonds is 4. The Morgan fingerprint density at radius 2 is 2.11 bits per heavy atom. The Kier molecular flexibility index (Phi) is 4.44. The third-order valence-corrected chi connectivity index (χ3v) is 6.64. The monoisotopic (exact) mass is 305 g/mol. The van der Waals surface area contributed by atoms with Gasteiger partial charge in [0.05, 0.1) is 0 Å². The number of hydrogen-bond acceptors (Lipinski definition) is 5. The average Bonchev–Trinajstić information content (AvgIpc) is 2.69. The molecular weight excluding hydrogens is 286 g/mol. The van der Waals surface area contributed by atoms with Gasteiger partial charge >= 0.3 is 4.87 Å². The van der Waals surface area contributed by atoms with E-state index in [1.807, 2.05) is 0 Å². The molecule has 2 atom stereocenters. The van der Waals surface area contributed by atoms with Gasteiger partial charge in [-0.2, -0.15) is 0 Å². The molecule has 2 unspecified atom stereocenters. The third kappa shape index (κ3) is 3.25. The molecule has 1 fully saturated rings. The number of thiazole rings is 1. The summed E-state index contributed by atoms with van der Waals surface area (Å²) in [5.41, 5.74) is 6.09. The van der Waals surface area contributed by atoms with Crippen LogP contribution in [0.2, 0.25) is 0 Å². The fraction of sp³-hybridized carbons (Fsp3) is 0.727. The summed E-state index contributed by atoms with van der Waals surface area (Å²) in [4.78, 5) is 13.4. The average molecular weight is 305 g/mol. The first kappa shape index (κ1) is 14.7. The fourth-order valence-electron chi connectivity index (χ4n) is 2.54. The molecule has 0 radical (unpaired) electrons. The van der Waals surface area contributed by atoms with Gasteiger partial charge in [0.2, 0.25) is 0 Å². The van der Waals surface area contributed by atoms with Crippen molar-refractivity contribution in [2.24, 2.45) is 11.7 Å². The lowest BCUT2D eigenvalue weighted by molar-refractivity contribution is 0.296. The largest absolute Gasteiger partial charge is 0.330 e. The Balaban J connectivity index is 2.21. The molecule has 2 rings (SSSR count). The van der Waals surface area contributed by atoms with Crippen molar-refractivity contribution in [3.05, 3.63) is 15.4 Å². The SMILES string of the molecule is Cc1[nH]c(=O)sc1S(=O)(=O)NC1CCCCC1CN. The molecule has 0 spiro atoms. The number of nitrogens with one attached hydrogen (secondary N) is 2. The number of aromatic nitrogens is 1. The van der Waals surface area contributed by atoms with Crippen LogP contribution in [0.3, 0.4) is 0 Å². The summed E-state index contributed by atoms with van der Waals surface area (Å²) in [5.74, 6) is 0.180. The molecule has 1 aromatic heterocycles. The Bertz CT molecular complexity index is 591. The van der Waals surface area contributed by atoms with Crippen LogP contribution in [0.5, 0.6) is 0 Å². The molecule has 4 N–H and O–H groups in total. The van der Waals surface area contributed by atoms with Crippen LogP contribution in [0.4, 0.5) is 0 Å². The van der Waals surface area contributed by atoms with Crippen molar-refractivity contribution >= 4 is 21.4 Å². The quantitative estimate of drug-likeness (QED) is 0.755. The smallest absolute Gasteiger partial charge is 0.305 e. The number of aryl methyl sites for hydroxylation is 1. The van der Waals surface area contributed by atoms with Gasteiger partial charge in [0.15, 0.2) is 4.21 Å². The van der Waals surface area contributed by atoms with Gasteiger partial charge in [-0.15, -0.1) is 0 Å². The van der Waals surface area contributed by atoms with Gasteiger partial charge in [0.25, 0.3) is 10.0 Å². The Labute approximate surface area is 116 Å². The van der Waals surface area contributed by atoms with E-state index in [0.29, 0.717) is 12.2 Å². The Morgan fingerprint density at radius 1 is 1.42 bits per heavy atom. The topological polar surface area (TPSA) is 105 Å². The van der Waals surface area contributed by atoms with E-state index in [9.17, 15) is 13.2 Å². The van der Waals surface area contributed by atoms with E-state index in [1.165, 1.54) is 0 Å². The van der Waals surface area contributed by atoms with Crippen LogP contribution in [-0.4, -0.2) is 26.0 Å². The first-order valence-electron chi connectivity index (χ1n) is 6.36. The molecule has 6 nitrogen and oxygen atoms in total.